The van der Waals surface area contributed by atoms with E-state index in [1.54, 1.807) is 0 Å². The molecule has 4 heterocycles. The maximum atomic E-state index is 12.6. The minimum Gasteiger partial charge on any atom is -0.375 e. The zero-order valence-corrected chi connectivity index (χ0v) is 28.6. The molecule has 0 unspecified atom stereocenters. The zero-order valence-electron chi connectivity index (χ0n) is 27.1. The van der Waals surface area contributed by atoms with E-state index in [1.807, 2.05) is 54.6 Å². The van der Waals surface area contributed by atoms with E-state index in [0.717, 1.165) is 90.8 Å². The predicted molar refractivity (Wildman–Crippen MR) is 190 cm³/mol. The minimum atomic E-state index is -0.951. The molecule has 1 aromatic heterocycles. The molecule has 49 heavy (non-hydrogen) atoms. The Hall–Kier alpha value is -4.17. The van der Waals surface area contributed by atoms with Gasteiger partial charge in [-0.2, -0.15) is 5.10 Å². The van der Waals surface area contributed by atoms with Crippen LogP contribution in [-0.2, 0) is 46.9 Å². The Morgan fingerprint density at radius 1 is 0.980 bits per heavy atom. The summed E-state index contributed by atoms with van der Waals surface area (Å²) in [5.41, 5.74) is 12.9. The molecule has 3 N–H and O–H groups in total. The lowest BCUT2D eigenvalue weighted by Gasteiger charge is -2.28. The number of hydrogen-bond acceptors (Lipinski definition) is 6. The fraction of sp³-hybridized carbons (Fsp3) is 0.342. The molecule has 7 rings (SSSR count). The number of halogens is 2. The number of aryl methyl sites for hydroxylation is 1. The summed E-state index contributed by atoms with van der Waals surface area (Å²) in [6, 6.07) is 22.2. The van der Waals surface area contributed by atoms with Gasteiger partial charge in [-0.05, 0) is 60.4 Å². The van der Waals surface area contributed by atoms with Crippen molar-refractivity contribution in [1.82, 2.24) is 24.9 Å². The van der Waals surface area contributed by atoms with E-state index >= 15 is 0 Å². The molecular formula is C38H38Cl2N6O3. The summed E-state index contributed by atoms with van der Waals surface area (Å²) in [6.07, 6.45) is 3.05. The molecule has 2 bridgehead atoms. The molecule has 11 heteroatoms. The number of amides is 2. The number of aromatic nitrogens is 2. The lowest BCUT2D eigenvalue weighted by atomic mass is 9.99. The monoisotopic (exact) mass is 696 g/mol. The fourth-order valence-electron chi connectivity index (χ4n) is 6.98. The third-order valence-electron chi connectivity index (χ3n) is 9.57. The first-order valence-electron chi connectivity index (χ1n) is 16.7. The maximum absolute atomic E-state index is 12.6. The molecule has 4 aromatic rings. The number of fused-ring (bicyclic) bond motifs is 3. The predicted octanol–water partition coefficient (Wildman–Crippen LogP) is 4.78. The Balaban J connectivity index is 1.07. The lowest BCUT2D eigenvalue weighted by Crippen LogP contribution is -2.43. The molecular weight excluding hydrogens is 659 g/mol. The molecule has 2 fully saturated rings. The van der Waals surface area contributed by atoms with Gasteiger partial charge < -0.3 is 20.7 Å². The fourth-order valence-corrected chi connectivity index (χ4v) is 7.27. The van der Waals surface area contributed by atoms with E-state index in [1.165, 1.54) is 10.5 Å². The highest BCUT2D eigenvalue weighted by molar-refractivity contribution is 6.34. The van der Waals surface area contributed by atoms with Gasteiger partial charge in [-0.1, -0.05) is 65.4 Å². The number of ether oxygens (including phenoxy) is 1. The number of benzene rings is 3. The van der Waals surface area contributed by atoms with Crippen LogP contribution in [0.5, 0.6) is 0 Å². The molecule has 2 saturated heterocycles. The van der Waals surface area contributed by atoms with Crippen LogP contribution in [0, 0.1) is 11.8 Å². The standard InChI is InChI=1S/C38H38Cl2N6O3/c39-30-11-7-27(8-12-30)21-42-20-26-4-2-25(3-5-26)6-9-28-18-29(10-13-34(28)40)36-33-23-45(38(48)37(41)47)17-14-35(33)46(43-36)16-1-15-44-22-32-19-31(44)24-49-32/h2-5,7-8,10-13,18,31-32,42H,1,14-17,19-24H2,(H2,41,47)/t31-,32-/m0/s1. The Labute approximate surface area is 296 Å². The van der Waals surface area contributed by atoms with E-state index in [4.69, 9.17) is 38.8 Å². The van der Waals surface area contributed by atoms with Gasteiger partial charge in [0.15, 0.2) is 0 Å². The molecule has 9 nitrogen and oxygen atoms in total. The maximum Gasteiger partial charge on any atom is 0.311 e. The number of likely N-dealkylation sites (tertiary alicyclic amines) is 1. The van der Waals surface area contributed by atoms with E-state index in [-0.39, 0.29) is 6.54 Å². The van der Waals surface area contributed by atoms with Gasteiger partial charge in [-0.25, -0.2) is 0 Å². The molecule has 252 valence electrons. The first kappa shape index (κ1) is 33.3. The van der Waals surface area contributed by atoms with Crippen LogP contribution in [-0.4, -0.2) is 69.8 Å². The SMILES string of the molecule is NC(=O)C(=O)N1CCc2c(c(-c3ccc(Cl)c(C#Cc4ccc(CNCc5ccc(Cl)cc5)cc4)c3)nn2CCCN2C[C@@H]3C[C@H]2CO3)C1. The van der Waals surface area contributed by atoms with Crippen LogP contribution in [0.3, 0.4) is 0 Å². The van der Waals surface area contributed by atoms with Crippen LogP contribution >= 0.6 is 23.2 Å². The number of carbonyl (C=O) groups is 2. The third kappa shape index (κ3) is 7.70. The van der Waals surface area contributed by atoms with Crippen LogP contribution in [0.15, 0.2) is 66.7 Å². The number of primary amides is 1. The molecule has 0 spiro atoms. The first-order chi connectivity index (χ1) is 23.8. The van der Waals surface area contributed by atoms with Gasteiger partial charge >= 0.3 is 11.8 Å². The van der Waals surface area contributed by atoms with Crippen molar-refractivity contribution in [3.8, 4) is 23.1 Å². The van der Waals surface area contributed by atoms with Crippen molar-refractivity contribution in [2.75, 3.05) is 26.2 Å². The number of nitrogens with zero attached hydrogens (tertiary/aromatic N) is 4. The molecule has 2 amide bonds. The topological polar surface area (TPSA) is 106 Å². The van der Waals surface area contributed by atoms with Crippen LogP contribution in [0.4, 0.5) is 0 Å². The van der Waals surface area contributed by atoms with Gasteiger partial charge in [0.05, 0.1) is 30.0 Å². The summed E-state index contributed by atoms with van der Waals surface area (Å²) >= 11 is 12.6. The number of nitrogens with one attached hydrogen (secondary N) is 1. The minimum absolute atomic E-state index is 0.268. The lowest BCUT2D eigenvalue weighted by molar-refractivity contribution is -0.144. The number of carbonyl (C=O) groups excluding carboxylic acids is 2. The van der Waals surface area contributed by atoms with Gasteiger partial charge in [0.25, 0.3) is 0 Å². The largest absolute Gasteiger partial charge is 0.375 e. The zero-order chi connectivity index (χ0) is 33.9. The van der Waals surface area contributed by atoms with Crippen molar-refractivity contribution in [3.05, 3.63) is 110 Å². The second-order valence-electron chi connectivity index (χ2n) is 12.9. The van der Waals surface area contributed by atoms with E-state index < -0.39 is 11.8 Å². The highest BCUT2D eigenvalue weighted by Gasteiger charge is 2.38. The average Bonchev–Trinajstić information content (AvgIpc) is 3.84. The molecule has 0 radical (unpaired) electrons. The van der Waals surface area contributed by atoms with Crippen molar-refractivity contribution in [2.24, 2.45) is 5.73 Å². The molecule has 3 aromatic carbocycles. The van der Waals surface area contributed by atoms with Crippen LogP contribution in [0.25, 0.3) is 11.3 Å². The first-order valence-corrected chi connectivity index (χ1v) is 17.5. The van der Waals surface area contributed by atoms with Gasteiger partial charge in [0, 0.05) is 84.7 Å². The van der Waals surface area contributed by atoms with Gasteiger partial charge in [-0.15, -0.1) is 0 Å². The second kappa shape index (κ2) is 14.8. The van der Waals surface area contributed by atoms with Crippen LogP contribution in [0.1, 0.15) is 46.4 Å². The number of rotatable bonds is 9. The highest BCUT2D eigenvalue weighted by atomic mass is 35.5. The smallest absolute Gasteiger partial charge is 0.311 e. The molecule has 3 aliphatic rings. The molecule has 0 aliphatic carbocycles. The average molecular weight is 698 g/mol. The third-order valence-corrected chi connectivity index (χ3v) is 10.1. The van der Waals surface area contributed by atoms with Crippen molar-refractivity contribution < 1.29 is 14.3 Å². The molecule has 3 aliphatic heterocycles. The van der Waals surface area contributed by atoms with Gasteiger partial charge in [0.1, 0.15) is 0 Å². The summed E-state index contributed by atoms with van der Waals surface area (Å²) in [5, 5.41) is 9.81. The van der Waals surface area contributed by atoms with Crippen molar-refractivity contribution >= 4 is 35.0 Å². The Kier molecular flexibility index (Phi) is 10.0. The van der Waals surface area contributed by atoms with Crippen molar-refractivity contribution in [3.63, 3.8) is 0 Å². The summed E-state index contributed by atoms with van der Waals surface area (Å²) in [6.45, 7) is 5.74. The summed E-state index contributed by atoms with van der Waals surface area (Å²) in [7, 11) is 0. The molecule has 2 atom stereocenters. The van der Waals surface area contributed by atoms with E-state index in [0.29, 0.717) is 35.7 Å². The summed E-state index contributed by atoms with van der Waals surface area (Å²) < 4.78 is 7.84. The summed E-state index contributed by atoms with van der Waals surface area (Å²) in [4.78, 5) is 28.4. The quantitative estimate of drug-likeness (QED) is 0.193. The van der Waals surface area contributed by atoms with E-state index in [2.05, 4.69) is 38.9 Å². The molecule has 0 saturated carbocycles. The van der Waals surface area contributed by atoms with Gasteiger partial charge in [0.2, 0.25) is 0 Å². The number of nitrogens with two attached hydrogens (primary N) is 1. The Morgan fingerprint density at radius 2 is 1.73 bits per heavy atom. The normalized spacial score (nSPS) is 18.3. The number of morpholine rings is 1. The van der Waals surface area contributed by atoms with Crippen LogP contribution in [0.2, 0.25) is 10.0 Å². The summed E-state index contributed by atoms with van der Waals surface area (Å²) in [5.74, 6) is 4.87. The Morgan fingerprint density at radius 3 is 2.43 bits per heavy atom. The van der Waals surface area contributed by atoms with Crippen molar-refractivity contribution in [2.45, 2.75) is 57.6 Å². The second-order valence-corrected chi connectivity index (χ2v) is 13.7. The highest BCUT2D eigenvalue weighted by Crippen LogP contribution is 2.33. The number of hydrogen-bond donors (Lipinski definition) is 2. The van der Waals surface area contributed by atoms with Crippen molar-refractivity contribution in [1.29, 1.82) is 0 Å². The van der Waals surface area contributed by atoms with E-state index in [9.17, 15) is 9.59 Å². The van der Waals surface area contributed by atoms with Gasteiger partial charge in [-0.3, -0.25) is 19.2 Å². The van der Waals surface area contributed by atoms with Crippen LogP contribution < -0.4 is 11.1 Å². The Bertz CT molecular complexity index is 1910.